The van der Waals surface area contributed by atoms with Crippen LogP contribution in [0.3, 0.4) is 0 Å². The maximum absolute atomic E-state index is 10.9. The van der Waals surface area contributed by atoms with Crippen molar-refractivity contribution in [3.63, 3.8) is 0 Å². The zero-order valence-electron chi connectivity index (χ0n) is 7.84. The van der Waals surface area contributed by atoms with Crippen LogP contribution in [-0.4, -0.2) is 5.24 Å². The van der Waals surface area contributed by atoms with Crippen molar-refractivity contribution in [1.82, 2.24) is 0 Å². The molecule has 3 heteroatoms. The van der Waals surface area contributed by atoms with E-state index in [1.54, 1.807) is 6.07 Å². The summed E-state index contributed by atoms with van der Waals surface area (Å²) in [6, 6.07) is 11.5. The van der Waals surface area contributed by atoms with Crippen LogP contribution in [0.15, 0.2) is 36.4 Å². The van der Waals surface area contributed by atoms with Crippen LogP contribution in [-0.2, 0) is 11.2 Å². The molecule has 0 aliphatic carbocycles. The summed E-state index contributed by atoms with van der Waals surface area (Å²) in [7, 11) is 0. The van der Waals surface area contributed by atoms with Gasteiger partial charge < -0.3 is 0 Å². The molecule has 0 heterocycles. The van der Waals surface area contributed by atoms with Crippen molar-refractivity contribution in [3.05, 3.63) is 47.0 Å². The minimum atomic E-state index is -0.395. The Bertz CT molecular complexity index is 520. The van der Waals surface area contributed by atoms with Gasteiger partial charge in [0.2, 0.25) is 5.24 Å². The summed E-state index contributed by atoms with van der Waals surface area (Å²) >= 11 is 11.4. The second-order valence-corrected chi connectivity index (χ2v) is 4.11. The number of hydrogen-bond donors (Lipinski definition) is 0. The molecule has 0 atom stereocenters. The van der Waals surface area contributed by atoms with Crippen LogP contribution in [0.2, 0.25) is 5.02 Å². The molecule has 1 nitrogen and oxygen atoms in total. The molecule has 76 valence electrons. The smallest absolute Gasteiger partial charge is 0.226 e. The predicted octanol–water partition coefficient (Wildman–Crippen LogP) is 3.80. The minimum Gasteiger partial charge on any atom is -0.281 e. The van der Waals surface area contributed by atoms with E-state index in [4.69, 9.17) is 23.2 Å². The summed E-state index contributed by atoms with van der Waals surface area (Å²) in [5, 5.41) is 2.24. The summed E-state index contributed by atoms with van der Waals surface area (Å²) in [6.45, 7) is 0. The van der Waals surface area contributed by atoms with Gasteiger partial charge >= 0.3 is 0 Å². The molecule has 0 aliphatic heterocycles. The molecule has 0 saturated carbocycles. The average molecular weight is 239 g/mol. The molecule has 0 unspecified atom stereocenters. The van der Waals surface area contributed by atoms with Crippen LogP contribution in [0.1, 0.15) is 5.56 Å². The van der Waals surface area contributed by atoms with Crippen LogP contribution >= 0.6 is 23.2 Å². The third kappa shape index (κ3) is 2.14. The number of hydrogen-bond acceptors (Lipinski definition) is 1. The molecule has 0 spiro atoms. The van der Waals surface area contributed by atoms with E-state index in [0.717, 1.165) is 16.3 Å². The van der Waals surface area contributed by atoms with E-state index in [1.807, 2.05) is 30.3 Å². The minimum absolute atomic E-state index is 0.168. The standard InChI is InChI=1S/C12H8Cl2O/c13-11-6-5-8-3-1-2-4-9(8)10(11)7-12(14)15/h1-6H,7H2. The fourth-order valence-corrected chi connectivity index (χ4v) is 1.99. The molecular formula is C12H8Cl2O. The zero-order chi connectivity index (χ0) is 10.8. The highest BCUT2D eigenvalue weighted by molar-refractivity contribution is 6.63. The molecule has 2 aromatic carbocycles. The van der Waals surface area contributed by atoms with E-state index in [2.05, 4.69) is 0 Å². The Morgan fingerprint density at radius 2 is 1.87 bits per heavy atom. The largest absolute Gasteiger partial charge is 0.281 e. The van der Waals surface area contributed by atoms with E-state index in [0.29, 0.717) is 5.02 Å². The molecule has 0 bridgehead atoms. The predicted molar refractivity (Wildman–Crippen MR) is 63.5 cm³/mol. The van der Waals surface area contributed by atoms with Crippen LogP contribution in [0.5, 0.6) is 0 Å². The Kier molecular flexibility index (Phi) is 2.94. The lowest BCUT2D eigenvalue weighted by Gasteiger charge is -2.06. The van der Waals surface area contributed by atoms with Crippen molar-refractivity contribution in [2.24, 2.45) is 0 Å². The maximum Gasteiger partial charge on any atom is 0.226 e. The second-order valence-electron chi connectivity index (χ2n) is 3.28. The Labute approximate surface area is 97.6 Å². The van der Waals surface area contributed by atoms with Crippen LogP contribution in [0.4, 0.5) is 0 Å². The SMILES string of the molecule is O=C(Cl)Cc1c(Cl)ccc2ccccc12. The van der Waals surface area contributed by atoms with Crippen molar-refractivity contribution < 1.29 is 4.79 Å². The number of rotatable bonds is 2. The summed E-state index contributed by atoms with van der Waals surface area (Å²) in [4.78, 5) is 10.9. The summed E-state index contributed by atoms with van der Waals surface area (Å²) in [6.07, 6.45) is 0.168. The first kappa shape index (κ1) is 10.5. The van der Waals surface area contributed by atoms with Crippen molar-refractivity contribution in [3.8, 4) is 0 Å². The van der Waals surface area contributed by atoms with E-state index in [1.165, 1.54) is 0 Å². The normalized spacial score (nSPS) is 10.5. The third-order valence-electron chi connectivity index (χ3n) is 2.30. The van der Waals surface area contributed by atoms with Gasteiger partial charge in [-0.05, 0) is 34.0 Å². The van der Waals surface area contributed by atoms with Gasteiger partial charge in [0, 0.05) is 11.4 Å². The first-order chi connectivity index (χ1) is 7.18. The Hall–Kier alpha value is -1.05. The van der Waals surface area contributed by atoms with Gasteiger partial charge in [0.25, 0.3) is 0 Å². The third-order valence-corrected chi connectivity index (χ3v) is 2.79. The number of carbonyl (C=O) groups is 1. The molecule has 0 amide bonds. The Morgan fingerprint density at radius 1 is 1.13 bits per heavy atom. The number of fused-ring (bicyclic) bond motifs is 1. The van der Waals surface area contributed by atoms with Gasteiger partial charge in [-0.2, -0.15) is 0 Å². The molecule has 0 fully saturated rings. The van der Waals surface area contributed by atoms with Crippen molar-refractivity contribution in [1.29, 1.82) is 0 Å². The molecule has 15 heavy (non-hydrogen) atoms. The first-order valence-corrected chi connectivity index (χ1v) is 5.28. The summed E-state index contributed by atoms with van der Waals surface area (Å²) in [5.74, 6) is 0. The molecule has 0 saturated heterocycles. The monoisotopic (exact) mass is 238 g/mol. The average Bonchev–Trinajstić information content (AvgIpc) is 2.22. The molecule has 2 rings (SSSR count). The van der Waals surface area contributed by atoms with Crippen molar-refractivity contribution in [2.45, 2.75) is 6.42 Å². The van der Waals surface area contributed by atoms with E-state index in [9.17, 15) is 4.79 Å². The number of carbonyl (C=O) groups excluding carboxylic acids is 1. The van der Waals surface area contributed by atoms with Crippen LogP contribution in [0.25, 0.3) is 10.8 Å². The van der Waals surface area contributed by atoms with Gasteiger partial charge in [-0.25, -0.2) is 0 Å². The highest BCUT2D eigenvalue weighted by atomic mass is 35.5. The van der Waals surface area contributed by atoms with Crippen LogP contribution < -0.4 is 0 Å². The Balaban J connectivity index is 2.68. The highest BCUT2D eigenvalue weighted by Crippen LogP contribution is 2.26. The van der Waals surface area contributed by atoms with E-state index in [-0.39, 0.29) is 6.42 Å². The molecule has 0 aliphatic rings. The molecular weight excluding hydrogens is 231 g/mol. The lowest BCUT2D eigenvalue weighted by Crippen LogP contribution is -1.95. The molecule has 2 aromatic rings. The van der Waals surface area contributed by atoms with Crippen molar-refractivity contribution in [2.75, 3.05) is 0 Å². The summed E-state index contributed by atoms with van der Waals surface area (Å²) in [5.41, 5.74) is 0.801. The fourth-order valence-electron chi connectivity index (χ4n) is 1.63. The van der Waals surface area contributed by atoms with E-state index < -0.39 is 5.24 Å². The molecule has 0 radical (unpaired) electrons. The van der Waals surface area contributed by atoms with Gasteiger partial charge in [0.1, 0.15) is 0 Å². The maximum atomic E-state index is 10.9. The topological polar surface area (TPSA) is 17.1 Å². The van der Waals surface area contributed by atoms with Gasteiger partial charge in [-0.1, -0.05) is 41.9 Å². The van der Waals surface area contributed by atoms with Gasteiger partial charge in [0.15, 0.2) is 0 Å². The lowest BCUT2D eigenvalue weighted by molar-refractivity contribution is -0.111. The van der Waals surface area contributed by atoms with Gasteiger partial charge in [-0.15, -0.1) is 0 Å². The lowest BCUT2D eigenvalue weighted by atomic mass is 10.0. The first-order valence-electron chi connectivity index (χ1n) is 4.53. The highest BCUT2D eigenvalue weighted by Gasteiger charge is 2.08. The molecule has 0 N–H and O–H groups in total. The van der Waals surface area contributed by atoms with E-state index >= 15 is 0 Å². The number of benzene rings is 2. The number of halogens is 2. The quantitative estimate of drug-likeness (QED) is 0.728. The fraction of sp³-hybridized carbons (Fsp3) is 0.0833. The van der Waals surface area contributed by atoms with Gasteiger partial charge in [0.05, 0.1) is 0 Å². The Morgan fingerprint density at radius 3 is 2.60 bits per heavy atom. The zero-order valence-corrected chi connectivity index (χ0v) is 9.35. The van der Waals surface area contributed by atoms with Crippen molar-refractivity contribution >= 4 is 39.2 Å². The van der Waals surface area contributed by atoms with Gasteiger partial charge in [-0.3, -0.25) is 4.79 Å². The van der Waals surface area contributed by atoms with Crippen LogP contribution in [0, 0.1) is 0 Å². The second kappa shape index (κ2) is 4.21. The molecule has 0 aromatic heterocycles. The summed E-state index contributed by atoms with van der Waals surface area (Å²) < 4.78 is 0.